The first-order valence-corrected chi connectivity index (χ1v) is 10.6. The van der Waals surface area contributed by atoms with Crippen LogP contribution >= 0.6 is 0 Å². The molecule has 2 aromatic rings. The van der Waals surface area contributed by atoms with Crippen LogP contribution in [-0.2, 0) is 14.8 Å². The van der Waals surface area contributed by atoms with Gasteiger partial charge in [0.15, 0.2) is 0 Å². The van der Waals surface area contributed by atoms with Crippen LogP contribution in [0, 0.1) is 5.82 Å². The average molecular weight is 406 g/mol. The van der Waals surface area contributed by atoms with E-state index in [0.29, 0.717) is 31.8 Å². The molecule has 0 unspecified atom stereocenters. The van der Waals surface area contributed by atoms with Crippen LogP contribution < -0.4 is 4.74 Å². The second-order valence-electron chi connectivity index (χ2n) is 6.50. The SMILES string of the molecule is O=C(CCOc1ccccc1)N1CCCN(S(=O)(=O)c2ccc(F)cc2)CC1. The molecule has 0 saturated carbocycles. The van der Waals surface area contributed by atoms with E-state index in [1.807, 2.05) is 30.3 Å². The Kier molecular flexibility index (Phi) is 6.64. The smallest absolute Gasteiger partial charge is 0.243 e. The third-order valence-corrected chi connectivity index (χ3v) is 6.50. The molecule has 28 heavy (non-hydrogen) atoms. The number of rotatable bonds is 6. The summed E-state index contributed by atoms with van der Waals surface area (Å²) in [5, 5.41) is 0. The summed E-state index contributed by atoms with van der Waals surface area (Å²) >= 11 is 0. The quantitative estimate of drug-likeness (QED) is 0.739. The lowest BCUT2D eigenvalue weighted by Crippen LogP contribution is -2.37. The number of benzene rings is 2. The van der Waals surface area contributed by atoms with E-state index in [1.165, 1.54) is 16.4 Å². The normalized spacial score (nSPS) is 15.8. The van der Waals surface area contributed by atoms with E-state index in [-0.39, 0.29) is 30.4 Å². The molecule has 0 spiro atoms. The molecule has 0 bridgehead atoms. The van der Waals surface area contributed by atoms with Crippen molar-refractivity contribution < 1.29 is 22.3 Å². The molecule has 0 aromatic heterocycles. The number of carbonyl (C=O) groups is 1. The third-order valence-electron chi connectivity index (χ3n) is 4.59. The number of sulfonamides is 1. The largest absolute Gasteiger partial charge is 0.493 e. The van der Waals surface area contributed by atoms with Gasteiger partial charge in [0.1, 0.15) is 11.6 Å². The Hall–Kier alpha value is -2.45. The van der Waals surface area contributed by atoms with Gasteiger partial charge in [-0.05, 0) is 42.8 Å². The van der Waals surface area contributed by atoms with Gasteiger partial charge in [-0.1, -0.05) is 18.2 Å². The molecule has 1 aliphatic rings. The molecule has 150 valence electrons. The number of amides is 1. The van der Waals surface area contributed by atoms with Crippen LogP contribution in [0.3, 0.4) is 0 Å². The number of hydrogen-bond acceptors (Lipinski definition) is 4. The van der Waals surface area contributed by atoms with Crippen LogP contribution in [0.15, 0.2) is 59.5 Å². The summed E-state index contributed by atoms with van der Waals surface area (Å²) in [6.07, 6.45) is 0.783. The molecule has 1 heterocycles. The zero-order chi connectivity index (χ0) is 20.0. The number of halogens is 1. The van der Waals surface area contributed by atoms with E-state index in [4.69, 9.17) is 4.74 Å². The summed E-state index contributed by atoms with van der Waals surface area (Å²) in [6, 6.07) is 14.1. The summed E-state index contributed by atoms with van der Waals surface area (Å²) in [5.74, 6) is 0.170. The van der Waals surface area contributed by atoms with Gasteiger partial charge in [-0.3, -0.25) is 4.79 Å². The second kappa shape index (κ2) is 9.16. The van der Waals surface area contributed by atoms with Gasteiger partial charge in [-0.15, -0.1) is 0 Å². The van der Waals surface area contributed by atoms with Crippen molar-refractivity contribution in [1.29, 1.82) is 0 Å². The van der Waals surface area contributed by atoms with E-state index in [2.05, 4.69) is 0 Å². The predicted octanol–water partition coefficient (Wildman–Crippen LogP) is 2.52. The Labute approximate surface area is 164 Å². The van der Waals surface area contributed by atoms with Crippen molar-refractivity contribution in [3.05, 3.63) is 60.4 Å². The Morgan fingerprint density at radius 2 is 1.68 bits per heavy atom. The Morgan fingerprint density at radius 1 is 0.964 bits per heavy atom. The van der Waals surface area contributed by atoms with Crippen LogP contribution in [0.2, 0.25) is 0 Å². The topological polar surface area (TPSA) is 66.9 Å². The van der Waals surface area contributed by atoms with E-state index in [0.717, 1.165) is 12.1 Å². The fraction of sp³-hybridized carbons (Fsp3) is 0.350. The van der Waals surface area contributed by atoms with Crippen LogP contribution in [-0.4, -0.2) is 56.3 Å². The van der Waals surface area contributed by atoms with Crippen molar-refractivity contribution in [3.8, 4) is 5.75 Å². The van der Waals surface area contributed by atoms with Gasteiger partial charge in [0.2, 0.25) is 15.9 Å². The monoisotopic (exact) mass is 406 g/mol. The number of hydrogen-bond donors (Lipinski definition) is 0. The van der Waals surface area contributed by atoms with Crippen molar-refractivity contribution in [2.45, 2.75) is 17.7 Å². The summed E-state index contributed by atoms with van der Waals surface area (Å²) in [5.41, 5.74) is 0. The van der Waals surface area contributed by atoms with Crippen LogP contribution in [0.4, 0.5) is 4.39 Å². The first-order chi connectivity index (χ1) is 13.5. The number of para-hydroxylation sites is 1. The maximum Gasteiger partial charge on any atom is 0.243 e. The maximum absolute atomic E-state index is 13.1. The molecular weight excluding hydrogens is 383 g/mol. The fourth-order valence-electron chi connectivity index (χ4n) is 3.07. The molecule has 3 rings (SSSR count). The van der Waals surface area contributed by atoms with Gasteiger partial charge in [0.05, 0.1) is 17.9 Å². The predicted molar refractivity (Wildman–Crippen MR) is 103 cm³/mol. The second-order valence-corrected chi connectivity index (χ2v) is 8.44. The van der Waals surface area contributed by atoms with E-state index in [1.54, 1.807) is 4.90 Å². The first kappa shape index (κ1) is 20.3. The lowest BCUT2D eigenvalue weighted by Gasteiger charge is -2.22. The highest BCUT2D eigenvalue weighted by atomic mass is 32.2. The zero-order valence-electron chi connectivity index (χ0n) is 15.5. The van der Waals surface area contributed by atoms with Crippen molar-refractivity contribution >= 4 is 15.9 Å². The molecule has 1 aliphatic heterocycles. The average Bonchev–Trinajstić information content (AvgIpc) is 2.96. The standard InChI is InChI=1S/C20H23FN2O4S/c21-17-7-9-19(10-8-17)28(25,26)23-13-4-12-22(14-15-23)20(24)11-16-27-18-5-2-1-3-6-18/h1-3,5-10H,4,11-16H2. The summed E-state index contributed by atoms with van der Waals surface area (Å²) in [7, 11) is -3.70. The van der Waals surface area contributed by atoms with Crippen molar-refractivity contribution in [2.75, 3.05) is 32.8 Å². The van der Waals surface area contributed by atoms with Crippen LogP contribution in [0.25, 0.3) is 0 Å². The van der Waals surface area contributed by atoms with E-state index >= 15 is 0 Å². The molecule has 0 radical (unpaired) electrons. The maximum atomic E-state index is 13.1. The molecule has 0 aliphatic carbocycles. The molecule has 0 atom stereocenters. The Morgan fingerprint density at radius 3 is 2.39 bits per heavy atom. The fourth-order valence-corrected chi connectivity index (χ4v) is 4.54. The molecule has 1 fully saturated rings. The highest BCUT2D eigenvalue weighted by Gasteiger charge is 2.28. The van der Waals surface area contributed by atoms with Crippen molar-refractivity contribution in [3.63, 3.8) is 0 Å². The summed E-state index contributed by atoms with van der Waals surface area (Å²) in [6.45, 7) is 1.64. The van der Waals surface area contributed by atoms with Gasteiger partial charge in [-0.25, -0.2) is 12.8 Å². The van der Waals surface area contributed by atoms with Gasteiger partial charge < -0.3 is 9.64 Å². The minimum absolute atomic E-state index is 0.0584. The molecule has 1 saturated heterocycles. The minimum atomic E-state index is -3.70. The van der Waals surface area contributed by atoms with Gasteiger partial charge in [0.25, 0.3) is 0 Å². The van der Waals surface area contributed by atoms with Crippen LogP contribution in [0.5, 0.6) is 5.75 Å². The molecular formula is C20H23FN2O4S. The van der Waals surface area contributed by atoms with Crippen LogP contribution in [0.1, 0.15) is 12.8 Å². The van der Waals surface area contributed by atoms with Crippen molar-refractivity contribution in [1.82, 2.24) is 9.21 Å². The minimum Gasteiger partial charge on any atom is -0.493 e. The highest BCUT2D eigenvalue weighted by Crippen LogP contribution is 2.18. The molecule has 6 nitrogen and oxygen atoms in total. The highest BCUT2D eigenvalue weighted by molar-refractivity contribution is 7.89. The van der Waals surface area contributed by atoms with Gasteiger partial charge in [0, 0.05) is 26.2 Å². The zero-order valence-corrected chi connectivity index (χ0v) is 16.3. The number of ether oxygens (including phenoxy) is 1. The number of nitrogens with zero attached hydrogens (tertiary/aromatic N) is 2. The summed E-state index contributed by atoms with van der Waals surface area (Å²) in [4.78, 5) is 14.2. The Balaban J connectivity index is 1.54. The lowest BCUT2D eigenvalue weighted by molar-refractivity contribution is -0.131. The molecule has 8 heteroatoms. The van der Waals surface area contributed by atoms with E-state index in [9.17, 15) is 17.6 Å². The van der Waals surface area contributed by atoms with Gasteiger partial charge >= 0.3 is 0 Å². The molecule has 0 N–H and O–H groups in total. The first-order valence-electron chi connectivity index (χ1n) is 9.18. The van der Waals surface area contributed by atoms with Gasteiger partial charge in [-0.2, -0.15) is 4.31 Å². The molecule has 1 amide bonds. The molecule has 2 aromatic carbocycles. The third kappa shape index (κ3) is 5.08. The number of carbonyl (C=O) groups excluding carboxylic acids is 1. The summed E-state index contributed by atoms with van der Waals surface area (Å²) < 4.78 is 45.5. The lowest BCUT2D eigenvalue weighted by atomic mass is 10.3. The Bertz CT molecular complexity index is 888. The van der Waals surface area contributed by atoms with Crippen molar-refractivity contribution in [2.24, 2.45) is 0 Å². The van der Waals surface area contributed by atoms with E-state index < -0.39 is 15.8 Å².